The zero-order valence-electron chi connectivity index (χ0n) is 12.6. The van der Waals surface area contributed by atoms with E-state index in [9.17, 15) is 4.79 Å². The van der Waals surface area contributed by atoms with E-state index in [0.717, 1.165) is 28.0 Å². The third-order valence-electron chi connectivity index (χ3n) is 3.93. The number of benzene rings is 2. The zero-order valence-corrected chi connectivity index (χ0v) is 13.4. The molecule has 0 saturated heterocycles. The third kappa shape index (κ3) is 2.84. The molecule has 4 nitrogen and oxygen atoms in total. The van der Waals surface area contributed by atoms with Crippen molar-refractivity contribution in [3.63, 3.8) is 0 Å². The predicted molar refractivity (Wildman–Crippen MR) is 88.9 cm³/mol. The molecule has 2 aromatic carbocycles. The number of thioether (sulfide) groups is 1. The van der Waals surface area contributed by atoms with E-state index in [0.29, 0.717) is 17.4 Å². The van der Waals surface area contributed by atoms with Gasteiger partial charge in [0.25, 0.3) is 5.22 Å². The van der Waals surface area contributed by atoms with Crippen molar-refractivity contribution in [2.45, 2.75) is 24.5 Å². The van der Waals surface area contributed by atoms with Crippen LogP contribution in [0.5, 0.6) is 5.75 Å². The minimum Gasteiger partial charge on any atom is -0.431 e. The Bertz CT molecular complexity index is 854. The number of nitrogens with zero attached hydrogens (tertiary/aromatic N) is 1. The number of ether oxygens (including phenoxy) is 1. The molecule has 0 bridgehead atoms. The molecule has 0 fully saturated rings. The lowest BCUT2D eigenvalue weighted by atomic mass is 9.94. The van der Waals surface area contributed by atoms with Crippen molar-refractivity contribution < 1.29 is 13.9 Å². The second-order valence-electron chi connectivity index (χ2n) is 5.67. The molecule has 116 valence electrons. The molecule has 0 aliphatic carbocycles. The average Bonchev–Trinajstić information content (AvgIpc) is 2.94. The number of rotatable bonds is 3. The van der Waals surface area contributed by atoms with Gasteiger partial charge in [-0.2, -0.15) is 0 Å². The van der Waals surface area contributed by atoms with E-state index in [1.165, 1.54) is 11.8 Å². The van der Waals surface area contributed by atoms with Crippen LogP contribution in [-0.4, -0.2) is 16.7 Å². The summed E-state index contributed by atoms with van der Waals surface area (Å²) in [7, 11) is 0. The first-order chi connectivity index (χ1) is 11.2. The summed E-state index contributed by atoms with van der Waals surface area (Å²) >= 11 is 1.54. The average molecular weight is 325 g/mol. The highest BCUT2D eigenvalue weighted by Crippen LogP contribution is 2.38. The minimum absolute atomic E-state index is 0.117. The number of oxazole rings is 1. The van der Waals surface area contributed by atoms with Crippen molar-refractivity contribution >= 4 is 28.8 Å². The van der Waals surface area contributed by atoms with Crippen LogP contribution in [0.1, 0.15) is 23.5 Å². The maximum atomic E-state index is 11.8. The summed E-state index contributed by atoms with van der Waals surface area (Å²) in [5.74, 6) is 1.36. The van der Waals surface area contributed by atoms with Crippen molar-refractivity contribution in [3.05, 3.63) is 53.6 Å². The van der Waals surface area contributed by atoms with Crippen LogP contribution < -0.4 is 4.74 Å². The molecule has 23 heavy (non-hydrogen) atoms. The molecule has 2 heterocycles. The number of aromatic nitrogens is 1. The Morgan fingerprint density at radius 1 is 1.26 bits per heavy atom. The van der Waals surface area contributed by atoms with Crippen molar-refractivity contribution in [2.24, 2.45) is 0 Å². The Hall–Kier alpha value is -2.27. The molecule has 1 unspecified atom stereocenters. The first-order valence-electron chi connectivity index (χ1n) is 7.48. The molecule has 5 heteroatoms. The smallest absolute Gasteiger partial charge is 0.311 e. The molecule has 1 aromatic heterocycles. The highest BCUT2D eigenvalue weighted by Gasteiger charge is 2.27. The fourth-order valence-corrected chi connectivity index (χ4v) is 3.73. The van der Waals surface area contributed by atoms with Crippen LogP contribution in [0.15, 0.2) is 52.1 Å². The fourth-order valence-electron chi connectivity index (χ4n) is 2.78. The molecule has 0 N–H and O–H groups in total. The van der Waals surface area contributed by atoms with E-state index < -0.39 is 0 Å². The highest BCUT2D eigenvalue weighted by molar-refractivity contribution is 7.99. The van der Waals surface area contributed by atoms with E-state index in [1.807, 2.05) is 43.3 Å². The number of hydrogen-bond acceptors (Lipinski definition) is 5. The molecule has 1 atom stereocenters. The van der Waals surface area contributed by atoms with Gasteiger partial charge in [-0.1, -0.05) is 36.0 Å². The molecule has 1 aliphatic rings. The van der Waals surface area contributed by atoms with Crippen LogP contribution in [-0.2, 0) is 4.79 Å². The summed E-state index contributed by atoms with van der Waals surface area (Å²) in [6.45, 7) is 1.99. The van der Waals surface area contributed by atoms with Gasteiger partial charge in [0.2, 0.25) is 0 Å². The second kappa shape index (κ2) is 5.74. The quantitative estimate of drug-likeness (QED) is 0.408. The van der Waals surface area contributed by atoms with Gasteiger partial charge >= 0.3 is 5.97 Å². The zero-order chi connectivity index (χ0) is 15.8. The predicted octanol–water partition coefficient (Wildman–Crippen LogP) is 4.32. The minimum atomic E-state index is -0.175. The topological polar surface area (TPSA) is 52.3 Å². The van der Waals surface area contributed by atoms with Crippen LogP contribution in [0.3, 0.4) is 0 Å². The summed E-state index contributed by atoms with van der Waals surface area (Å²) < 4.78 is 11.1. The van der Waals surface area contributed by atoms with Gasteiger partial charge in [-0.25, -0.2) is 4.98 Å². The molecular weight excluding hydrogens is 310 g/mol. The number of aryl methyl sites for hydroxylation is 1. The molecule has 4 rings (SSSR count). The largest absolute Gasteiger partial charge is 0.431 e. The standard InChI is InChI=1S/C18H15NO3S/c1-11-6-7-13-12(9-17(20)21-16(13)8-11)10-23-18-19-14-4-2-3-5-15(14)22-18/h2-8,12H,9-10H2,1H3. The van der Waals surface area contributed by atoms with E-state index >= 15 is 0 Å². The van der Waals surface area contributed by atoms with Crippen LogP contribution in [0, 0.1) is 6.92 Å². The van der Waals surface area contributed by atoms with Gasteiger partial charge in [0.1, 0.15) is 11.3 Å². The summed E-state index contributed by atoms with van der Waals surface area (Å²) in [4.78, 5) is 16.3. The molecule has 0 saturated carbocycles. The van der Waals surface area contributed by atoms with Gasteiger partial charge in [-0.15, -0.1) is 0 Å². The maximum Gasteiger partial charge on any atom is 0.311 e. The van der Waals surface area contributed by atoms with E-state index in [-0.39, 0.29) is 11.9 Å². The highest BCUT2D eigenvalue weighted by atomic mass is 32.2. The second-order valence-corrected chi connectivity index (χ2v) is 6.65. The molecule has 0 amide bonds. The van der Waals surface area contributed by atoms with Crippen LogP contribution >= 0.6 is 11.8 Å². The number of carbonyl (C=O) groups is 1. The Morgan fingerprint density at radius 3 is 3.00 bits per heavy atom. The van der Waals surface area contributed by atoms with Gasteiger partial charge in [-0.05, 0) is 36.2 Å². The van der Waals surface area contributed by atoms with Crippen LogP contribution in [0.4, 0.5) is 0 Å². The molecule has 1 aliphatic heterocycles. The summed E-state index contributed by atoms with van der Waals surface area (Å²) in [6, 6.07) is 13.7. The molecule has 0 radical (unpaired) electrons. The summed E-state index contributed by atoms with van der Waals surface area (Å²) in [6.07, 6.45) is 0.392. The molecule has 3 aromatic rings. The van der Waals surface area contributed by atoms with Gasteiger partial charge in [0.05, 0.1) is 6.42 Å². The number of carbonyl (C=O) groups excluding carboxylic acids is 1. The Morgan fingerprint density at radius 2 is 2.13 bits per heavy atom. The summed E-state index contributed by atoms with van der Waals surface area (Å²) in [5, 5.41) is 0.638. The lowest BCUT2D eigenvalue weighted by Gasteiger charge is -2.24. The first kappa shape index (κ1) is 14.3. The van der Waals surface area contributed by atoms with Gasteiger partial charge in [0, 0.05) is 11.7 Å². The van der Waals surface area contributed by atoms with Crippen LogP contribution in [0.25, 0.3) is 11.1 Å². The monoisotopic (exact) mass is 325 g/mol. The number of esters is 1. The van der Waals surface area contributed by atoms with Crippen molar-refractivity contribution in [1.29, 1.82) is 0 Å². The third-order valence-corrected chi connectivity index (χ3v) is 4.92. The number of para-hydroxylation sites is 2. The van der Waals surface area contributed by atoms with Crippen molar-refractivity contribution in [1.82, 2.24) is 4.98 Å². The lowest BCUT2D eigenvalue weighted by molar-refractivity contribution is -0.135. The Balaban J connectivity index is 1.56. The van der Waals surface area contributed by atoms with Gasteiger partial charge in [0.15, 0.2) is 5.58 Å². The van der Waals surface area contributed by atoms with Gasteiger partial charge in [-0.3, -0.25) is 4.79 Å². The van der Waals surface area contributed by atoms with E-state index in [1.54, 1.807) is 0 Å². The van der Waals surface area contributed by atoms with E-state index in [2.05, 4.69) is 11.1 Å². The molecular formula is C18H15NO3S. The number of fused-ring (bicyclic) bond motifs is 2. The van der Waals surface area contributed by atoms with Crippen LogP contribution in [0.2, 0.25) is 0 Å². The van der Waals surface area contributed by atoms with Crippen molar-refractivity contribution in [2.75, 3.05) is 5.75 Å². The normalized spacial score (nSPS) is 17.1. The Labute approximate surface area is 137 Å². The van der Waals surface area contributed by atoms with E-state index in [4.69, 9.17) is 9.15 Å². The van der Waals surface area contributed by atoms with Crippen molar-refractivity contribution in [3.8, 4) is 5.75 Å². The van der Waals surface area contributed by atoms with Gasteiger partial charge < -0.3 is 9.15 Å². The SMILES string of the molecule is Cc1ccc2c(c1)OC(=O)CC2CSc1nc2ccccc2o1. The first-order valence-corrected chi connectivity index (χ1v) is 8.47. The summed E-state index contributed by atoms with van der Waals surface area (Å²) in [5.41, 5.74) is 3.81. The number of hydrogen-bond donors (Lipinski definition) is 0. The fraction of sp³-hybridized carbons (Fsp3) is 0.222. The molecule has 0 spiro atoms. The Kier molecular flexibility index (Phi) is 3.58. The lowest BCUT2D eigenvalue weighted by Crippen LogP contribution is -2.21. The maximum absolute atomic E-state index is 11.8.